The van der Waals surface area contributed by atoms with Crippen molar-refractivity contribution in [2.75, 3.05) is 26.1 Å². The van der Waals surface area contributed by atoms with Crippen LogP contribution in [0.25, 0.3) is 0 Å². The van der Waals surface area contributed by atoms with Crippen molar-refractivity contribution in [3.8, 4) is 5.75 Å². The summed E-state index contributed by atoms with van der Waals surface area (Å²) in [6.07, 6.45) is 0. The summed E-state index contributed by atoms with van der Waals surface area (Å²) in [5.41, 5.74) is 3.69. The molecule has 20 heavy (non-hydrogen) atoms. The molecule has 0 saturated carbocycles. The molecule has 1 N–H and O–H groups in total. The third-order valence-corrected chi connectivity index (χ3v) is 3.36. The van der Waals surface area contributed by atoms with Crippen LogP contribution >= 0.6 is 0 Å². The highest BCUT2D eigenvalue weighted by molar-refractivity contribution is 5.48. The van der Waals surface area contributed by atoms with Gasteiger partial charge in [-0.05, 0) is 30.8 Å². The van der Waals surface area contributed by atoms with Crippen molar-refractivity contribution in [1.29, 1.82) is 0 Å². The predicted molar refractivity (Wildman–Crippen MR) is 84.3 cm³/mol. The number of rotatable bonds is 6. The van der Waals surface area contributed by atoms with Crippen molar-refractivity contribution in [1.82, 2.24) is 5.32 Å². The predicted octanol–water partition coefficient (Wildman–Crippen LogP) is 3.05. The van der Waals surface area contributed by atoms with E-state index in [1.165, 1.54) is 16.8 Å². The third-order valence-electron chi connectivity index (χ3n) is 3.36. The number of benzene rings is 2. The Bertz CT molecular complexity index is 537. The molecule has 3 nitrogen and oxygen atoms in total. The Morgan fingerprint density at radius 1 is 1.05 bits per heavy atom. The molecule has 0 fully saturated rings. The van der Waals surface area contributed by atoms with Gasteiger partial charge in [0.05, 0.1) is 7.11 Å². The number of nitrogens with zero attached hydrogens (tertiary/aromatic N) is 1. The van der Waals surface area contributed by atoms with Gasteiger partial charge in [-0.25, -0.2) is 0 Å². The molecule has 0 unspecified atom stereocenters. The van der Waals surface area contributed by atoms with E-state index in [1.807, 2.05) is 25.2 Å². The zero-order chi connectivity index (χ0) is 14.4. The van der Waals surface area contributed by atoms with Crippen LogP contribution in [0.5, 0.6) is 5.75 Å². The molecule has 2 aromatic carbocycles. The minimum Gasteiger partial charge on any atom is -0.496 e. The summed E-state index contributed by atoms with van der Waals surface area (Å²) in [6.45, 7) is 1.73. The first-order valence-electron chi connectivity index (χ1n) is 6.81. The molecule has 0 heterocycles. The van der Waals surface area contributed by atoms with Gasteiger partial charge >= 0.3 is 0 Å². The molecule has 106 valence electrons. The van der Waals surface area contributed by atoms with Gasteiger partial charge < -0.3 is 15.0 Å². The fourth-order valence-corrected chi connectivity index (χ4v) is 2.25. The van der Waals surface area contributed by atoms with Crippen LogP contribution < -0.4 is 15.0 Å². The molecule has 0 atom stereocenters. The van der Waals surface area contributed by atoms with Crippen LogP contribution in [0, 0.1) is 0 Å². The Kier molecular flexibility index (Phi) is 5.02. The number of para-hydroxylation sites is 1. The van der Waals surface area contributed by atoms with Crippen LogP contribution in [0.2, 0.25) is 0 Å². The van der Waals surface area contributed by atoms with Crippen LogP contribution in [-0.2, 0) is 13.1 Å². The molecule has 0 aliphatic carbocycles. The van der Waals surface area contributed by atoms with Crippen molar-refractivity contribution in [2.45, 2.75) is 13.1 Å². The fourth-order valence-electron chi connectivity index (χ4n) is 2.25. The summed E-state index contributed by atoms with van der Waals surface area (Å²) >= 11 is 0. The first-order chi connectivity index (χ1) is 9.74. The van der Waals surface area contributed by atoms with Crippen LogP contribution in [0.4, 0.5) is 5.69 Å². The summed E-state index contributed by atoms with van der Waals surface area (Å²) in [6, 6.07) is 16.8. The molecular formula is C17H22N2O. The maximum Gasteiger partial charge on any atom is 0.123 e. The Hall–Kier alpha value is -2.00. The molecule has 0 aliphatic heterocycles. The fraction of sp³-hybridized carbons (Fsp3) is 0.294. The largest absolute Gasteiger partial charge is 0.496 e. The van der Waals surface area contributed by atoms with E-state index < -0.39 is 0 Å². The number of ether oxygens (including phenoxy) is 1. The van der Waals surface area contributed by atoms with Gasteiger partial charge in [0.2, 0.25) is 0 Å². The van der Waals surface area contributed by atoms with Gasteiger partial charge in [-0.3, -0.25) is 0 Å². The zero-order valence-electron chi connectivity index (χ0n) is 12.4. The number of hydrogen-bond donors (Lipinski definition) is 1. The molecule has 0 spiro atoms. The average molecular weight is 270 g/mol. The molecule has 3 heteroatoms. The highest BCUT2D eigenvalue weighted by Gasteiger charge is 2.06. The van der Waals surface area contributed by atoms with Crippen LogP contribution in [0.15, 0.2) is 48.5 Å². The van der Waals surface area contributed by atoms with E-state index in [2.05, 4.69) is 47.6 Å². The van der Waals surface area contributed by atoms with Crippen LogP contribution in [0.3, 0.4) is 0 Å². The van der Waals surface area contributed by atoms with Crippen LogP contribution in [0.1, 0.15) is 11.1 Å². The molecule has 0 radical (unpaired) electrons. The molecular weight excluding hydrogens is 248 g/mol. The van der Waals surface area contributed by atoms with Crippen molar-refractivity contribution >= 4 is 5.69 Å². The highest BCUT2D eigenvalue weighted by atomic mass is 16.5. The summed E-state index contributed by atoms with van der Waals surface area (Å²) in [4.78, 5) is 2.22. The van der Waals surface area contributed by atoms with Gasteiger partial charge in [0, 0.05) is 31.4 Å². The first kappa shape index (κ1) is 14.4. The van der Waals surface area contributed by atoms with Gasteiger partial charge in [0.15, 0.2) is 0 Å². The van der Waals surface area contributed by atoms with Gasteiger partial charge in [-0.1, -0.05) is 30.3 Å². The molecule has 2 rings (SSSR count). The average Bonchev–Trinajstić information content (AvgIpc) is 2.49. The molecule has 2 aromatic rings. The van der Waals surface area contributed by atoms with Crippen molar-refractivity contribution in [3.05, 3.63) is 59.7 Å². The van der Waals surface area contributed by atoms with E-state index in [4.69, 9.17) is 4.74 Å². The summed E-state index contributed by atoms with van der Waals surface area (Å²) in [5, 5.41) is 3.16. The Balaban J connectivity index is 2.09. The number of methoxy groups -OCH3 is 1. The van der Waals surface area contributed by atoms with E-state index in [0.29, 0.717) is 0 Å². The summed E-state index contributed by atoms with van der Waals surface area (Å²) in [7, 11) is 5.77. The molecule has 0 saturated heterocycles. The molecule has 0 bridgehead atoms. The minimum absolute atomic E-state index is 0.829. The van der Waals surface area contributed by atoms with Gasteiger partial charge in [-0.2, -0.15) is 0 Å². The topological polar surface area (TPSA) is 24.5 Å². The lowest BCUT2D eigenvalue weighted by atomic mass is 10.1. The lowest BCUT2D eigenvalue weighted by Crippen LogP contribution is -2.17. The lowest BCUT2D eigenvalue weighted by molar-refractivity contribution is 0.409. The number of anilines is 1. The zero-order valence-corrected chi connectivity index (χ0v) is 12.4. The normalized spacial score (nSPS) is 10.3. The van der Waals surface area contributed by atoms with E-state index in [0.717, 1.165) is 18.8 Å². The van der Waals surface area contributed by atoms with E-state index in [1.54, 1.807) is 7.11 Å². The monoisotopic (exact) mass is 270 g/mol. The van der Waals surface area contributed by atoms with Crippen LogP contribution in [-0.4, -0.2) is 21.2 Å². The smallest absolute Gasteiger partial charge is 0.123 e. The van der Waals surface area contributed by atoms with E-state index in [-0.39, 0.29) is 0 Å². The SMILES string of the molecule is CNCc1ccc(N(C)Cc2ccccc2OC)cc1. The van der Waals surface area contributed by atoms with Crippen molar-refractivity contribution < 1.29 is 4.74 Å². The second-order valence-corrected chi connectivity index (χ2v) is 4.86. The van der Waals surface area contributed by atoms with Gasteiger partial charge in [0.25, 0.3) is 0 Å². The molecule has 0 aromatic heterocycles. The standard InChI is InChI=1S/C17H22N2O/c1-18-12-14-8-10-16(11-9-14)19(2)13-15-6-4-5-7-17(15)20-3/h4-11,18H,12-13H2,1-3H3. The minimum atomic E-state index is 0.829. The highest BCUT2D eigenvalue weighted by Crippen LogP contribution is 2.22. The van der Waals surface area contributed by atoms with Crippen molar-refractivity contribution in [2.24, 2.45) is 0 Å². The maximum absolute atomic E-state index is 5.40. The van der Waals surface area contributed by atoms with Crippen molar-refractivity contribution in [3.63, 3.8) is 0 Å². The maximum atomic E-state index is 5.40. The molecule has 0 amide bonds. The van der Waals surface area contributed by atoms with E-state index >= 15 is 0 Å². The second kappa shape index (κ2) is 6.96. The number of hydrogen-bond acceptors (Lipinski definition) is 3. The van der Waals surface area contributed by atoms with Gasteiger partial charge in [-0.15, -0.1) is 0 Å². The summed E-state index contributed by atoms with van der Waals surface area (Å²) in [5.74, 6) is 0.936. The first-order valence-corrected chi connectivity index (χ1v) is 6.81. The Morgan fingerprint density at radius 3 is 2.40 bits per heavy atom. The lowest BCUT2D eigenvalue weighted by Gasteiger charge is -2.21. The summed E-state index contributed by atoms with van der Waals surface area (Å²) < 4.78 is 5.40. The second-order valence-electron chi connectivity index (χ2n) is 4.86. The quantitative estimate of drug-likeness (QED) is 0.873. The number of nitrogens with one attached hydrogen (secondary N) is 1. The van der Waals surface area contributed by atoms with E-state index in [9.17, 15) is 0 Å². The molecule has 0 aliphatic rings. The Labute approximate surface area is 121 Å². The Morgan fingerprint density at radius 2 is 1.75 bits per heavy atom. The third kappa shape index (κ3) is 3.52. The van der Waals surface area contributed by atoms with Gasteiger partial charge in [0.1, 0.15) is 5.75 Å².